The molecule has 0 spiro atoms. The number of hydrogen-bond donors (Lipinski definition) is 2. The molecule has 86 valence electrons. The maximum absolute atomic E-state index is 11.2. The van der Waals surface area contributed by atoms with Gasteiger partial charge in [0.05, 0.1) is 12.7 Å². The normalized spacial score (nSPS) is 9.38. The molecule has 0 radical (unpaired) electrons. The van der Waals surface area contributed by atoms with Gasteiger partial charge in [-0.15, -0.1) is 0 Å². The van der Waals surface area contributed by atoms with Crippen molar-refractivity contribution in [2.75, 3.05) is 13.7 Å². The fourth-order valence-corrected chi connectivity index (χ4v) is 1.08. The second-order valence-electron chi connectivity index (χ2n) is 2.84. The molecule has 1 aromatic carbocycles. The molecule has 0 saturated heterocycles. The first-order valence-electron chi connectivity index (χ1n) is 4.41. The number of amides is 1. The molecule has 0 aromatic heterocycles. The molecule has 0 bridgehead atoms. The van der Waals surface area contributed by atoms with E-state index in [1.54, 1.807) is 18.2 Å². The summed E-state index contributed by atoms with van der Waals surface area (Å²) in [5.74, 6) is -0.407. The van der Waals surface area contributed by atoms with Crippen LogP contribution in [0.5, 0.6) is 5.75 Å². The van der Waals surface area contributed by atoms with Crippen molar-refractivity contribution in [3.05, 3.63) is 29.8 Å². The van der Waals surface area contributed by atoms with E-state index in [4.69, 9.17) is 4.74 Å². The molecule has 0 heterocycles. The highest BCUT2D eigenvalue weighted by molar-refractivity contribution is 7.78. The van der Waals surface area contributed by atoms with Crippen molar-refractivity contribution < 1.29 is 19.1 Å². The number of hydrogen-bond acceptors (Lipinski definition) is 5. The Balaban J connectivity index is 2.67. The molecule has 0 saturated carbocycles. The third kappa shape index (κ3) is 3.47. The van der Waals surface area contributed by atoms with Crippen LogP contribution in [-0.2, 0) is 9.53 Å². The number of benzene rings is 1. The highest BCUT2D eigenvalue weighted by Crippen LogP contribution is 2.13. The van der Waals surface area contributed by atoms with Crippen LogP contribution in [-0.4, -0.2) is 25.6 Å². The SMILES string of the molecule is COC(=O)c1cccc(OCC(=O)NS)c1. The fraction of sp³-hybridized carbons (Fsp3) is 0.200. The maximum atomic E-state index is 11.2. The molecule has 0 aliphatic carbocycles. The van der Waals surface area contributed by atoms with Crippen LogP contribution in [0, 0.1) is 0 Å². The summed E-state index contributed by atoms with van der Waals surface area (Å²) in [6.45, 7) is -0.159. The van der Waals surface area contributed by atoms with Crippen LogP contribution in [0.3, 0.4) is 0 Å². The number of ether oxygens (including phenoxy) is 2. The summed E-state index contributed by atoms with van der Waals surface area (Å²) in [5, 5.41) is 0. The van der Waals surface area contributed by atoms with Gasteiger partial charge in [0.15, 0.2) is 6.61 Å². The van der Waals surface area contributed by atoms with Crippen molar-refractivity contribution in [1.29, 1.82) is 0 Å². The lowest BCUT2D eigenvalue weighted by molar-refractivity contribution is -0.121. The minimum Gasteiger partial charge on any atom is -0.484 e. The van der Waals surface area contributed by atoms with Crippen LogP contribution >= 0.6 is 12.8 Å². The van der Waals surface area contributed by atoms with Crippen molar-refractivity contribution >= 4 is 24.7 Å². The Morgan fingerprint density at radius 2 is 2.19 bits per heavy atom. The second kappa shape index (κ2) is 6.02. The number of thiol groups is 1. The van der Waals surface area contributed by atoms with Crippen molar-refractivity contribution in [2.24, 2.45) is 0 Å². The molecule has 0 aliphatic heterocycles. The van der Waals surface area contributed by atoms with E-state index < -0.39 is 5.97 Å². The highest BCUT2D eigenvalue weighted by Gasteiger charge is 2.06. The number of carbonyl (C=O) groups excluding carboxylic acids is 2. The highest BCUT2D eigenvalue weighted by atomic mass is 32.1. The Labute approximate surface area is 98.3 Å². The molecular weight excluding hydrogens is 230 g/mol. The number of esters is 1. The molecule has 0 fully saturated rings. The Morgan fingerprint density at radius 3 is 2.81 bits per heavy atom. The predicted octanol–water partition coefficient (Wildman–Crippen LogP) is 0.813. The molecule has 16 heavy (non-hydrogen) atoms. The molecule has 0 unspecified atom stereocenters. The lowest BCUT2D eigenvalue weighted by Gasteiger charge is -2.05. The minimum absolute atomic E-state index is 0.159. The van der Waals surface area contributed by atoms with Crippen molar-refractivity contribution in [3.63, 3.8) is 0 Å². The smallest absolute Gasteiger partial charge is 0.337 e. The average Bonchev–Trinajstić information content (AvgIpc) is 2.35. The van der Waals surface area contributed by atoms with Crippen LogP contribution in [0.15, 0.2) is 24.3 Å². The summed E-state index contributed by atoms with van der Waals surface area (Å²) in [5.41, 5.74) is 0.367. The van der Waals surface area contributed by atoms with E-state index in [0.717, 1.165) is 0 Å². The van der Waals surface area contributed by atoms with Gasteiger partial charge in [0, 0.05) is 0 Å². The van der Waals surface area contributed by atoms with Gasteiger partial charge in [-0.05, 0) is 18.2 Å². The summed E-state index contributed by atoms with van der Waals surface area (Å²) >= 11 is 3.58. The van der Waals surface area contributed by atoms with E-state index in [1.807, 2.05) is 0 Å². The first kappa shape index (κ1) is 12.4. The zero-order chi connectivity index (χ0) is 12.0. The minimum atomic E-state index is -0.455. The first-order chi connectivity index (χ1) is 7.67. The topological polar surface area (TPSA) is 64.6 Å². The lowest BCUT2D eigenvalue weighted by Crippen LogP contribution is -2.21. The Kier molecular flexibility index (Phi) is 4.65. The van der Waals surface area contributed by atoms with Gasteiger partial charge in [0.1, 0.15) is 5.75 Å². The summed E-state index contributed by atoms with van der Waals surface area (Å²) in [6, 6.07) is 6.37. The van der Waals surface area contributed by atoms with Gasteiger partial charge in [-0.25, -0.2) is 4.79 Å². The summed E-state index contributed by atoms with van der Waals surface area (Å²) in [4.78, 5) is 22.0. The van der Waals surface area contributed by atoms with Gasteiger partial charge in [-0.3, -0.25) is 9.52 Å². The van der Waals surface area contributed by atoms with Crippen molar-refractivity contribution in [1.82, 2.24) is 4.72 Å². The molecule has 1 rings (SSSR count). The molecule has 1 aromatic rings. The quantitative estimate of drug-likeness (QED) is 0.605. The van der Waals surface area contributed by atoms with Gasteiger partial charge in [-0.2, -0.15) is 0 Å². The number of carbonyl (C=O) groups is 2. The fourth-order valence-electron chi connectivity index (χ4n) is 1.01. The number of methoxy groups -OCH3 is 1. The van der Waals surface area contributed by atoms with Crippen LogP contribution in [0.25, 0.3) is 0 Å². The molecule has 1 amide bonds. The summed E-state index contributed by atoms with van der Waals surface area (Å²) in [7, 11) is 1.30. The Morgan fingerprint density at radius 1 is 1.44 bits per heavy atom. The van der Waals surface area contributed by atoms with Crippen LogP contribution in [0.2, 0.25) is 0 Å². The van der Waals surface area contributed by atoms with Gasteiger partial charge in [-0.1, -0.05) is 18.9 Å². The maximum Gasteiger partial charge on any atom is 0.337 e. The summed E-state index contributed by atoms with van der Waals surface area (Å²) in [6.07, 6.45) is 0. The monoisotopic (exact) mass is 241 g/mol. The average molecular weight is 241 g/mol. The van der Waals surface area contributed by atoms with E-state index in [1.165, 1.54) is 13.2 Å². The third-order valence-electron chi connectivity index (χ3n) is 1.75. The first-order valence-corrected chi connectivity index (χ1v) is 4.86. The standard InChI is InChI=1S/C10H11NO4S/c1-14-10(13)7-3-2-4-8(5-7)15-6-9(12)11-16/h2-5,16H,6H2,1H3,(H,11,12). The van der Waals surface area contributed by atoms with Crippen molar-refractivity contribution in [2.45, 2.75) is 0 Å². The van der Waals surface area contributed by atoms with E-state index in [0.29, 0.717) is 11.3 Å². The zero-order valence-corrected chi connectivity index (χ0v) is 9.49. The van der Waals surface area contributed by atoms with Gasteiger partial charge < -0.3 is 9.47 Å². The predicted molar refractivity (Wildman–Crippen MR) is 60.4 cm³/mol. The molecule has 0 atom stereocenters. The Bertz CT molecular complexity index is 394. The molecule has 6 heteroatoms. The molecule has 1 N–H and O–H groups in total. The molecular formula is C10H11NO4S. The van der Waals surface area contributed by atoms with E-state index >= 15 is 0 Å². The van der Waals surface area contributed by atoms with E-state index in [-0.39, 0.29) is 12.5 Å². The summed E-state index contributed by atoms with van der Waals surface area (Å²) < 4.78 is 11.8. The van der Waals surface area contributed by atoms with Gasteiger partial charge in [0.2, 0.25) is 0 Å². The van der Waals surface area contributed by atoms with Crippen molar-refractivity contribution in [3.8, 4) is 5.75 Å². The van der Waals surface area contributed by atoms with Crippen LogP contribution in [0.1, 0.15) is 10.4 Å². The van der Waals surface area contributed by atoms with Crippen LogP contribution < -0.4 is 9.46 Å². The number of rotatable bonds is 4. The number of nitrogens with one attached hydrogen (secondary N) is 1. The van der Waals surface area contributed by atoms with Gasteiger partial charge in [0.25, 0.3) is 5.91 Å². The Hall–Kier alpha value is -1.69. The largest absolute Gasteiger partial charge is 0.484 e. The van der Waals surface area contributed by atoms with Crippen LogP contribution in [0.4, 0.5) is 0 Å². The van der Waals surface area contributed by atoms with Gasteiger partial charge >= 0.3 is 5.97 Å². The second-order valence-corrected chi connectivity index (χ2v) is 3.07. The lowest BCUT2D eigenvalue weighted by atomic mass is 10.2. The van der Waals surface area contributed by atoms with E-state index in [2.05, 4.69) is 22.3 Å². The third-order valence-corrected chi connectivity index (χ3v) is 2.00. The molecule has 0 aliphatic rings. The zero-order valence-electron chi connectivity index (χ0n) is 8.60. The van der Waals surface area contributed by atoms with E-state index in [9.17, 15) is 9.59 Å². The molecule has 5 nitrogen and oxygen atoms in total.